The summed E-state index contributed by atoms with van der Waals surface area (Å²) < 4.78 is 6.23. The molecule has 0 unspecified atom stereocenters. The molecule has 4 rings (SSSR count). The number of nitrogens with zero attached hydrogens (tertiary/aromatic N) is 1. The van der Waals surface area contributed by atoms with E-state index in [2.05, 4.69) is 82.3 Å². The van der Waals surface area contributed by atoms with Crippen LogP contribution in [0, 0.1) is 6.92 Å². The minimum Gasteiger partial charge on any atom is -0.438 e. The monoisotopic (exact) mass is 367 g/mol. The number of hydrogen-bond acceptors (Lipinski definition) is 2. The Bertz CT molecular complexity index is 1100. The quantitative estimate of drug-likeness (QED) is 0.379. The molecular weight excluding hydrogens is 342 g/mol. The zero-order valence-corrected chi connectivity index (χ0v) is 16.9. The van der Waals surface area contributed by atoms with Crippen molar-refractivity contribution in [2.24, 2.45) is 0 Å². The first-order chi connectivity index (χ1) is 13.4. The Balaban J connectivity index is 1.76. The molecule has 0 spiro atoms. The largest absolute Gasteiger partial charge is 0.438 e. The molecule has 28 heavy (non-hydrogen) atoms. The summed E-state index contributed by atoms with van der Waals surface area (Å²) in [5, 5.41) is 2.13. The number of benzene rings is 3. The lowest BCUT2D eigenvalue weighted by Gasteiger charge is -2.19. The van der Waals surface area contributed by atoms with Gasteiger partial charge in [0.25, 0.3) is 0 Å². The molecule has 1 heterocycles. The summed E-state index contributed by atoms with van der Waals surface area (Å²) in [5.74, 6) is 1.43. The summed E-state index contributed by atoms with van der Waals surface area (Å²) in [6.45, 7) is 8.72. The first-order valence-corrected chi connectivity index (χ1v) is 9.65. The van der Waals surface area contributed by atoms with E-state index in [0.717, 1.165) is 27.8 Å². The summed E-state index contributed by atoms with van der Waals surface area (Å²) in [5.41, 5.74) is 4.64. The lowest BCUT2D eigenvalue weighted by atomic mass is 9.87. The molecule has 0 N–H and O–H groups in total. The summed E-state index contributed by atoms with van der Waals surface area (Å²) in [7, 11) is 0. The molecule has 4 aromatic rings. The molecule has 0 radical (unpaired) electrons. The number of hydrogen-bond donors (Lipinski definition) is 0. The van der Waals surface area contributed by atoms with Crippen molar-refractivity contribution < 1.29 is 4.74 Å². The van der Waals surface area contributed by atoms with Crippen molar-refractivity contribution in [1.29, 1.82) is 0 Å². The highest BCUT2D eigenvalue weighted by Gasteiger charge is 2.14. The molecule has 0 amide bonds. The van der Waals surface area contributed by atoms with Crippen LogP contribution in [-0.4, -0.2) is 4.98 Å². The fourth-order valence-corrected chi connectivity index (χ4v) is 3.25. The first-order valence-electron chi connectivity index (χ1n) is 9.65. The van der Waals surface area contributed by atoms with E-state index in [1.807, 2.05) is 24.3 Å². The molecule has 3 aromatic carbocycles. The van der Waals surface area contributed by atoms with Crippen molar-refractivity contribution in [2.45, 2.75) is 33.1 Å². The van der Waals surface area contributed by atoms with Crippen LogP contribution in [0.5, 0.6) is 11.6 Å². The Morgan fingerprint density at radius 2 is 1.46 bits per heavy atom. The zero-order valence-electron chi connectivity index (χ0n) is 16.9. The summed E-state index contributed by atoms with van der Waals surface area (Å²) in [6.07, 6.45) is 0. The van der Waals surface area contributed by atoms with Gasteiger partial charge in [0.1, 0.15) is 5.75 Å². The van der Waals surface area contributed by atoms with Gasteiger partial charge in [-0.3, -0.25) is 0 Å². The molecule has 2 heteroatoms. The van der Waals surface area contributed by atoms with E-state index in [-0.39, 0.29) is 5.41 Å². The number of rotatable bonds is 3. The Hall–Kier alpha value is -3.13. The minimum atomic E-state index is 0.120. The summed E-state index contributed by atoms with van der Waals surface area (Å²) >= 11 is 0. The van der Waals surface area contributed by atoms with Crippen LogP contribution in [0.1, 0.15) is 31.9 Å². The highest BCUT2D eigenvalue weighted by atomic mass is 16.5. The lowest BCUT2D eigenvalue weighted by molar-refractivity contribution is 0.469. The average molecular weight is 367 g/mol. The first kappa shape index (κ1) is 18.2. The highest BCUT2D eigenvalue weighted by Crippen LogP contribution is 2.33. The second kappa shape index (κ2) is 7.12. The van der Waals surface area contributed by atoms with Gasteiger partial charge in [-0.05, 0) is 47.6 Å². The van der Waals surface area contributed by atoms with Crippen LogP contribution in [0.25, 0.3) is 22.0 Å². The minimum absolute atomic E-state index is 0.120. The standard InChI is InChI=1S/C26H25NO/c1-18-9-11-19(12-10-18)24-17-20-7-5-6-8-23(20)25(27-24)28-22-15-13-21(14-16-22)26(2,3)4/h5-17H,1-4H3. The van der Waals surface area contributed by atoms with Crippen LogP contribution in [0.15, 0.2) is 78.9 Å². The van der Waals surface area contributed by atoms with Crippen LogP contribution in [-0.2, 0) is 5.41 Å². The average Bonchev–Trinajstić information content (AvgIpc) is 2.68. The topological polar surface area (TPSA) is 22.1 Å². The molecule has 0 aliphatic rings. The van der Waals surface area contributed by atoms with Crippen LogP contribution in [0.2, 0.25) is 0 Å². The molecule has 0 saturated carbocycles. The molecule has 0 aliphatic carbocycles. The number of pyridine rings is 1. The second-order valence-corrected chi connectivity index (χ2v) is 8.28. The molecule has 0 atom stereocenters. The van der Waals surface area contributed by atoms with E-state index >= 15 is 0 Å². The predicted octanol–water partition coefficient (Wildman–Crippen LogP) is 7.30. The Labute approximate surface area is 166 Å². The van der Waals surface area contributed by atoms with Gasteiger partial charge in [-0.15, -0.1) is 0 Å². The van der Waals surface area contributed by atoms with Crippen LogP contribution in [0.3, 0.4) is 0 Å². The van der Waals surface area contributed by atoms with Crippen molar-refractivity contribution in [1.82, 2.24) is 4.98 Å². The predicted molar refractivity (Wildman–Crippen MR) is 117 cm³/mol. The molecular formula is C26H25NO. The van der Waals surface area contributed by atoms with Gasteiger partial charge in [0, 0.05) is 10.9 Å². The van der Waals surface area contributed by atoms with E-state index in [0.29, 0.717) is 5.88 Å². The van der Waals surface area contributed by atoms with Crippen molar-refractivity contribution in [3.05, 3.63) is 90.0 Å². The van der Waals surface area contributed by atoms with Crippen LogP contribution in [0.4, 0.5) is 0 Å². The van der Waals surface area contributed by atoms with Gasteiger partial charge in [0.2, 0.25) is 5.88 Å². The Morgan fingerprint density at radius 1 is 0.786 bits per heavy atom. The number of aryl methyl sites for hydroxylation is 1. The molecule has 0 fully saturated rings. The molecule has 2 nitrogen and oxygen atoms in total. The van der Waals surface area contributed by atoms with Gasteiger partial charge in [0.15, 0.2) is 0 Å². The fourth-order valence-electron chi connectivity index (χ4n) is 3.25. The summed E-state index contributed by atoms with van der Waals surface area (Å²) in [4.78, 5) is 4.85. The zero-order chi connectivity index (χ0) is 19.7. The van der Waals surface area contributed by atoms with Crippen molar-refractivity contribution in [3.8, 4) is 22.9 Å². The van der Waals surface area contributed by atoms with Crippen LogP contribution < -0.4 is 4.74 Å². The maximum absolute atomic E-state index is 6.23. The molecule has 0 saturated heterocycles. The smallest absolute Gasteiger partial charge is 0.227 e. The van der Waals surface area contributed by atoms with Gasteiger partial charge in [-0.25, -0.2) is 4.98 Å². The van der Waals surface area contributed by atoms with E-state index in [9.17, 15) is 0 Å². The van der Waals surface area contributed by atoms with Crippen molar-refractivity contribution in [3.63, 3.8) is 0 Å². The SMILES string of the molecule is Cc1ccc(-c2cc3ccccc3c(Oc3ccc(C(C)(C)C)cc3)n2)cc1. The van der Waals surface area contributed by atoms with Gasteiger partial charge >= 0.3 is 0 Å². The molecule has 0 aliphatic heterocycles. The highest BCUT2D eigenvalue weighted by molar-refractivity contribution is 5.90. The Kier molecular flexibility index (Phi) is 4.64. The van der Waals surface area contributed by atoms with Crippen LogP contribution >= 0.6 is 0 Å². The van der Waals surface area contributed by atoms with Gasteiger partial charge < -0.3 is 4.74 Å². The normalized spacial score (nSPS) is 11.6. The van der Waals surface area contributed by atoms with Gasteiger partial charge in [-0.1, -0.05) is 80.9 Å². The number of fused-ring (bicyclic) bond motifs is 1. The third kappa shape index (κ3) is 3.77. The van der Waals surface area contributed by atoms with E-state index in [4.69, 9.17) is 9.72 Å². The van der Waals surface area contributed by atoms with E-state index in [1.165, 1.54) is 11.1 Å². The number of ether oxygens (including phenoxy) is 1. The van der Waals surface area contributed by atoms with Crippen molar-refractivity contribution >= 4 is 10.8 Å². The molecule has 140 valence electrons. The Morgan fingerprint density at radius 3 is 2.14 bits per heavy atom. The van der Waals surface area contributed by atoms with Gasteiger partial charge in [-0.2, -0.15) is 0 Å². The summed E-state index contributed by atoms with van der Waals surface area (Å²) in [6, 6.07) is 27.1. The maximum atomic E-state index is 6.23. The van der Waals surface area contributed by atoms with Gasteiger partial charge in [0.05, 0.1) is 5.69 Å². The van der Waals surface area contributed by atoms with E-state index < -0.39 is 0 Å². The number of aromatic nitrogens is 1. The fraction of sp³-hybridized carbons (Fsp3) is 0.192. The lowest BCUT2D eigenvalue weighted by Crippen LogP contribution is -2.10. The van der Waals surface area contributed by atoms with Crippen molar-refractivity contribution in [2.75, 3.05) is 0 Å². The third-order valence-corrected chi connectivity index (χ3v) is 4.99. The molecule has 1 aromatic heterocycles. The van der Waals surface area contributed by atoms with E-state index in [1.54, 1.807) is 0 Å². The third-order valence-electron chi connectivity index (χ3n) is 4.99. The maximum Gasteiger partial charge on any atom is 0.227 e. The molecule has 0 bridgehead atoms. The second-order valence-electron chi connectivity index (χ2n) is 8.28.